The fourth-order valence-electron chi connectivity index (χ4n) is 2.88. The molecule has 1 heterocycles. The molecule has 1 aliphatic heterocycles. The summed E-state index contributed by atoms with van der Waals surface area (Å²) in [5, 5.41) is 2.21. The van der Waals surface area contributed by atoms with Crippen LogP contribution >= 0.6 is 15.9 Å². The second-order valence-electron chi connectivity index (χ2n) is 6.74. The molecule has 0 bridgehead atoms. The summed E-state index contributed by atoms with van der Waals surface area (Å²) in [7, 11) is 0. The average molecular weight is 473 g/mol. The van der Waals surface area contributed by atoms with Crippen LogP contribution in [0.1, 0.15) is 26.3 Å². The summed E-state index contributed by atoms with van der Waals surface area (Å²) >= 11 is 3.31. The minimum atomic E-state index is -0.792. The summed E-state index contributed by atoms with van der Waals surface area (Å²) in [4.78, 5) is 38.5. The minimum Gasteiger partial charge on any atom is -0.490 e. The Morgan fingerprint density at radius 3 is 2.40 bits per heavy atom. The zero-order chi connectivity index (χ0) is 21.8. The third-order valence-corrected chi connectivity index (χ3v) is 4.66. The van der Waals surface area contributed by atoms with Gasteiger partial charge in [0.05, 0.1) is 18.4 Å². The Hall–Kier alpha value is -3.13. The van der Waals surface area contributed by atoms with E-state index in [-0.39, 0.29) is 11.7 Å². The molecule has 2 aromatic rings. The Labute approximate surface area is 182 Å². The lowest BCUT2D eigenvalue weighted by atomic mass is 10.1. The number of urea groups is 1. The lowest BCUT2D eigenvalue weighted by Gasteiger charge is -2.26. The largest absolute Gasteiger partial charge is 0.490 e. The third kappa shape index (κ3) is 4.71. The summed E-state index contributed by atoms with van der Waals surface area (Å²) in [5.74, 6) is -0.379. The molecule has 0 aliphatic carbocycles. The number of hydrogen-bond acceptors (Lipinski definition) is 5. The number of rotatable bonds is 6. The number of nitrogens with zero attached hydrogens (tertiary/aromatic N) is 1. The van der Waals surface area contributed by atoms with Crippen LogP contribution in [-0.2, 0) is 9.59 Å². The lowest BCUT2D eigenvalue weighted by molar-refractivity contribution is -0.122. The molecule has 4 amide bonds. The molecule has 1 N–H and O–H groups in total. The van der Waals surface area contributed by atoms with Gasteiger partial charge in [0.2, 0.25) is 0 Å². The molecule has 0 aromatic heterocycles. The number of barbiturate groups is 1. The molecule has 30 heavy (non-hydrogen) atoms. The van der Waals surface area contributed by atoms with E-state index >= 15 is 0 Å². The Morgan fingerprint density at radius 2 is 1.77 bits per heavy atom. The van der Waals surface area contributed by atoms with Crippen LogP contribution in [0.4, 0.5) is 10.5 Å². The van der Waals surface area contributed by atoms with Crippen LogP contribution in [0.5, 0.6) is 11.5 Å². The van der Waals surface area contributed by atoms with Crippen molar-refractivity contribution in [2.75, 3.05) is 11.5 Å². The van der Waals surface area contributed by atoms with Crippen LogP contribution in [0.15, 0.2) is 52.5 Å². The molecule has 3 rings (SSSR count). The van der Waals surface area contributed by atoms with E-state index in [1.807, 2.05) is 20.8 Å². The Morgan fingerprint density at radius 1 is 1.07 bits per heavy atom. The number of amides is 4. The fourth-order valence-corrected chi connectivity index (χ4v) is 3.15. The van der Waals surface area contributed by atoms with Gasteiger partial charge in [0.1, 0.15) is 5.57 Å². The number of halogens is 1. The van der Waals surface area contributed by atoms with Crippen molar-refractivity contribution in [1.29, 1.82) is 0 Å². The van der Waals surface area contributed by atoms with Gasteiger partial charge in [0, 0.05) is 4.47 Å². The molecule has 0 radical (unpaired) electrons. The van der Waals surface area contributed by atoms with Gasteiger partial charge < -0.3 is 9.47 Å². The number of carbonyl (C=O) groups is 3. The van der Waals surface area contributed by atoms with Gasteiger partial charge in [0.25, 0.3) is 11.8 Å². The summed E-state index contributed by atoms with van der Waals surface area (Å²) in [6, 6.07) is 11.0. The van der Waals surface area contributed by atoms with Gasteiger partial charge >= 0.3 is 6.03 Å². The van der Waals surface area contributed by atoms with Gasteiger partial charge in [-0.1, -0.05) is 22.0 Å². The molecular formula is C22H21BrN2O5. The van der Waals surface area contributed by atoms with Crippen LogP contribution in [-0.4, -0.2) is 30.6 Å². The van der Waals surface area contributed by atoms with Crippen molar-refractivity contribution in [1.82, 2.24) is 5.32 Å². The predicted molar refractivity (Wildman–Crippen MR) is 117 cm³/mol. The van der Waals surface area contributed by atoms with Crippen molar-refractivity contribution in [3.63, 3.8) is 0 Å². The summed E-state index contributed by atoms with van der Waals surface area (Å²) in [6.45, 7) is 6.10. The molecular weight excluding hydrogens is 452 g/mol. The summed E-state index contributed by atoms with van der Waals surface area (Å²) in [6.07, 6.45) is 1.39. The highest BCUT2D eigenvalue weighted by molar-refractivity contribution is 9.10. The molecule has 0 spiro atoms. The SMILES string of the molecule is CCOc1cc(/C=C2\C(=O)NC(=O)N(c3ccc(Br)cc3)C2=O)ccc1OC(C)C. The molecule has 0 unspecified atom stereocenters. The molecule has 156 valence electrons. The average Bonchev–Trinajstić information content (AvgIpc) is 2.68. The molecule has 7 nitrogen and oxygen atoms in total. The molecule has 1 saturated heterocycles. The van der Waals surface area contributed by atoms with Gasteiger partial charge in [0.15, 0.2) is 11.5 Å². The smallest absolute Gasteiger partial charge is 0.335 e. The van der Waals surface area contributed by atoms with E-state index in [0.29, 0.717) is 29.4 Å². The Balaban J connectivity index is 1.97. The van der Waals surface area contributed by atoms with E-state index in [9.17, 15) is 14.4 Å². The fraction of sp³-hybridized carbons (Fsp3) is 0.227. The first-order chi connectivity index (χ1) is 14.3. The van der Waals surface area contributed by atoms with E-state index < -0.39 is 17.8 Å². The maximum Gasteiger partial charge on any atom is 0.335 e. The number of ether oxygens (including phenoxy) is 2. The van der Waals surface area contributed by atoms with Crippen molar-refractivity contribution < 1.29 is 23.9 Å². The molecule has 8 heteroatoms. The summed E-state index contributed by atoms with van der Waals surface area (Å²) in [5.41, 5.74) is 0.769. The number of hydrogen-bond donors (Lipinski definition) is 1. The van der Waals surface area contributed by atoms with E-state index in [4.69, 9.17) is 9.47 Å². The van der Waals surface area contributed by atoms with Gasteiger partial charge in [-0.05, 0) is 68.8 Å². The third-order valence-electron chi connectivity index (χ3n) is 4.13. The van der Waals surface area contributed by atoms with Crippen LogP contribution in [0.25, 0.3) is 6.08 Å². The van der Waals surface area contributed by atoms with Crippen molar-refractivity contribution in [3.8, 4) is 11.5 Å². The topological polar surface area (TPSA) is 84.9 Å². The van der Waals surface area contributed by atoms with E-state index in [1.165, 1.54) is 6.08 Å². The zero-order valence-electron chi connectivity index (χ0n) is 16.8. The van der Waals surface area contributed by atoms with Crippen molar-refractivity contribution in [2.45, 2.75) is 26.9 Å². The Kier molecular flexibility index (Phi) is 6.56. The number of anilines is 1. The van der Waals surface area contributed by atoms with Gasteiger partial charge in [-0.2, -0.15) is 0 Å². The molecule has 0 saturated carbocycles. The zero-order valence-corrected chi connectivity index (χ0v) is 18.4. The number of benzene rings is 2. The van der Waals surface area contributed by atoms with Crippen LogP contribution < -0.4 is 19.7 Å². The maximum absolute atomic E-state index is 13.0. The van der Waals surface area contributed by atoms with E-state index in [0.717, 1.165) is 9.37 Å². The van der Waals surface area contributed by atoms with E-state index in [2.05, 4.69) is 21.2 Å². The minimum absolute atomic E-state index is 0.0374. The highest BCUT2D eigenvalue weighted by Gasteiger charge is 2.36. The predicted octanol–water partition coefficient (Wildman–Crippen LogP) is 4.30. The van der Waals surface area contributed by atoms with Gasteiger partial charge in [-0.15, -0.1) is 0 Å². The van der Waals surface area contributed by atoms with Crippen molar-refractivity contribution >= 4 is 45.5 Å². The van der Waals surface area contributed by atoms with Crippen molar-refractivity contribution in [2.24, 2.45) is 0 Å². The maximum atomic E-state index is 13.0. The monoisotopic (exact) mass is 472 g/mol. The van der Waals surface area contributed by atoms with Crippen LogP contribution in [0, 0.1) is 0 Å². The normalized spacial score (nSPS) is 15.6. The molecule has 0 atom stereocenters. The first kappa shape index (κ1) is 21.6. The Bertz CT molecular complexity index is 1010. The second-order valence-corrected chi connectivity index (χ2v) is 7.66. The van der Waals surface area contributed by atoms with Crippen molar-refractivity contribution in [3.05, 3.63) is 58.1 Å². The first-order valence-electron chi connectivity index (χ1n) is 9.40. The van der Waals surface area contributed by atoms with Gasteiger partial charge in [-0.25, -0.2) is 9.69 Å². The highest BCUT2D eigenvalue weighted by Crippen LogP contribution is 2.31. The van der Waals surface area contributed by atoms with Gasteiger partial charge in [-0.3, -0.25) is 14.9 Å². The number of carbonyl (C=O) groups excluding carboxylic acids is 3. The lowest BCUT2D eigenvalue weighted by Crippen LogP contribution is -2.54. The van der Waals surface area contributed by atoms with Crippen LogP contribution in [0.3, 0.4) is 0 Å². The quantitative estimate of drug-likeness (QED) is 0.500. The standard InChI is InChI=1S/C22H21BrN2O5/c1-4-29-19-12-14(5-10-18(19)30-13(2)3)11-17-20(26)24-22(28)25(21(17)27)16-8-6-15(23)7-9-16/h5-13H,4H2,1-3H3,(H,24,26,28)/b17-11+. The molecule has 2 aromatic carbocycles. The molecule has 1 fully saturated rings. The number of imide groups is 2. The second kappa shape index (κ2) is 9.13. The van der Waals surface area contributed by atoms with E-state index in [1.54, 1.807) is 42.5 Å². The summed E-state index contributed by atoms with van der Waals surface area (Å²) < 4.78 is 12.2. The number of nitrogens with one attached hydrogen (secondary N) is 1. The highest BCUT2D eigenvalue weighted by atomic mass is 79.9. The van der Waals surface area contributed by atoms with Crippen LogP contribution in [0.2, 0.25) is 0 Å². The molecule has 1 aliphatic rings. The first-order valence-corrected chi connectivity index (χ1v) is 10.2.